The highest BCUT2D eigenvalue weighted by atomic mass is 35.5. The standard InChI is InChI=1S/C19H25N3O3.ClH/c1-4-12-22-15-10-8-7-9-14(15)17(23)16(19(22)25)18(24)20-11-13-21(5-2)6-3;/h4,7-10,23H,1,5-6,11-13H2,2-3H3,(H,20,24);1H/p-1. The van der Waals surface area contributed by atoms with Gasteiger partial charge in [0, 0.05) is 25.0 Å². The summed E-state index contributed by atoms with van der Waals surface area (Å²) in [7, 11) is 0. The first-order valence-electron chi connectivity index (χ1n) is 8.51. The molecule has 0 bridgehead atoms. The van der Waals surface area contributed by atoms with Crippen LogP contribution in [0.25, 0.3) is 10.9 Å². The van der Waals surface area contributed by atoms with Crippen LogP contribution in [-0.2, 0) is 6.54 Å². The smallest absolute Gasteiger partial charge is 0.268 e. The molecular weight excluding hydrogens is 354 g/mol. The molecule has 1 aromatic carbocycles. The Kier molecular flexibility index (Phi) is 8.35. The van der Waals surface area contributed by atoms with E-state index >= 15 is 0 Å². The van der Waals surface area contributed by atoms with Crippen LogP contribution < -0.4 is 23.3 Å². The van der Waals surface area contributed by atoms with Crippen LogP contribution in [0.1, 0.15) is 24.2 Å². The molecule has 0 fully saturated rings. The number of para-hydroxylation sites is 1. The number of nitrogens with one attached hydrogen (secondary N) is 1. The van der Waals surface area contributed by atoms with Crippen molar-refractivity contribution in [2.45, 2.75) is 20.4 Å². The van der Waals surface area contributed by atoms with Crippen LogP contribution in [0.4, 0.5) is 0 Å². The van der Waals surface area contributed by atoms with Crippen LogP contribution in [0.15, 0.2) is 41.7 Å². The lowest BCUT2D eigenvalue weighted by molar-refractivity contribution is -0.0000150. The van der Waals surface area contributed by atoms with Crippen LogP contribution >= 0.6 is 0 Å². The second kappa shape index (κ2) is 9.99. The minimum atomic E-state index is -0.557. The lowest BCUT2D eigenvalue weighted by Crippen LogP contribution is -3.00. The van der Waals surface area contributed by atoms with Crippen molar-refractivity contribution >= 4 is 16.8 Å². The number of likely N-dealkylation sites (N-methyl/N-ethyl adjacent to an activating group) is 1. The molecule has 2 aromatic rings. The second-order valence-electron chi connectivity index (χ2n) is 5.73. The zero-order chi connectivity index (χ0) is 18.4. The Balaban J connectivity index is 0.00000338. The van der Waals surface area contributed by atoms with Gasteiger partial charge in [0.1, 0.15) is 11.3 Å². The summed E-state index contributed by atoms with van der Waals surface area (Å²) in [6.45, 7) is 10.9. The highest BCUT2D eigenvalue weighted by Gasteiger charge is 2.21. The molecule has 1 aromatic heterocycles. The molecule has 0 saturated carbocycles. The quantitative estimate of drug-likeness (QED) is 0.576. The SMILES string of the molecule is C=CCn1c(=O)c(C(=O)NCCN(CC)CC)c(O)c2ccccc21.[Cl-]. The largest absolute Gasteiger partial charge is 1.00 e. The maximum absolute atomic E-state index is 12.7. The number of amides is 1. The normalized spacial score (nSPS) is 10.6. The van der Waals surface area contributed by atoms with Crippen LogP contribution in [-0.4, -0.2) is 46.7 Å². The number of allylic oxidation sites excluding steroid dienone is 1. The van der Waals surface area contributed by atoms with Gasteiger partial charge in [-0.3, -0.25) is 9.59 Å². The van der Waals surface area contributed by atoms with Crippen LogP contribution in [0, 0.1) is 0 Å². The molecule has 0 radical (unpaired) electrons. The first-order valence-corrected chi connectivity index (χ1v) is 8.51. The zero-order valence-corrected chi connectivity index (χ0v) is 15.9. The summed E-state index contributed by atoms with van der Waals surface area (Å²) < 4.78 is 1.45. The third kappa shape index (κ3) is 4.45. The molecule has 0 aliphatic carbocycles. The van der Waals surface area contributed by atoms with Gasteiger partial charge in [-0.1, -0.05) is 32.1 Å². The second-order valence-corrected chi connectivity index (χ2v) is 5.73. The molecular formula is C19H25ClN3O3-. The number of nitrogens with zero attached hydrogens (tertiary/aromatic N) is 2. The maximum Gasteiger partial charge on any atom is 0.268 e. The van der Waals surface area contributed by atoms with E-state index < -0.39 is 11.5 Å². The Hall–Kier alpha value is -2.31. The molecule has 1 heterocycles. The van der Waals surface area contributed by atoms with E-state index in [4.69, 9.17) is 0 Å². The topological polar surface area (TPSA) is 74.6 Å². The van der Waals surface area contributed by atoms with E-state index in [1.165, 1.54) is 4.57 Å². The van der Waals surface area contributed by atoms with Gasteiger partial charge in [0.25, 0.3) is 11.5 Å². The number of benzene rings is 1. The van der Waals surface area contributed by atoms with Crippen molar-refractivity contribution in [2.24, 2.45) is 0 Å². The van der Waals surface area contributed by atoms with Gasteiger partial charge >= 0.3 is 0 Å². The van der Waals surface area contributed by atoms with Crippen molar-refractivity contribution in [2.75, 3.05) is 26.2 Å². The fourth-order valence-corrected chi connectivity index (χ4v) is 2.86. The number of halogens is 1. The first kappa shape index (κ1) is 21.7. The number of fused-ring (bicyclic) bond motifs is 1. The van der Waals surface area contributed by atoms with Crippen molar-refractivity contribution < 1.29 is 22.3 Å². The van der Waals surface area contributed by atoms with E-state index in [1.54, 1.807) is 30.3 Å². The molecule has 1 amide bonds. The summed E-state index contributed by atoms with van der Waals surface area (Å²) >= 11 is 0. The van der Waals surface area contributed by atoms with Crippen LogP contribution in [0.2, 0.25) is 0 Å². The lowest BCUT2D eigenvalue weighted by Gasteiger charge is -2.18. The molecule has 142 valence electrons. The van der Waals surface area contributed by atoms with Crippen molar-refractivity contribution in [1.29, 1.82) is 0 Å². The molecule has 2 rings (SSSR count). The minimum absolute atomic E-state index is 0. The molecule has 0 aliphatic rings. The van der Waals surface area contributed by atoms with Gasteiger partial charge in [0.15, 0.2) is 0 Å². The van der Waals surface area contributed by atoms with Crippen molar-refractivity contribution in [1.82, 2.24) is 14.8 Å². The van der Waals surface area contributed by atoms with E-state index in [-0.39, 0.29) is 30.3 Å². The van der Waals surface area contributed by atoms with E-state index in [0.717, 1.165) is 13.1 Å². The summed E-state index contributed by atoms with van der Waals surface area (Å²) in [5.74, 6) is -0.834. The number of carbonyl (C=O) groups is 1. The van der Waals surface area contributed by atoms with Gasteiger partial charge < -0.3 is 32.3 Å². The lowest BCUT2D eigenvalue weighted by atomic mass is 10.1. The summed E-state index contributed by atoms with van der Waals surface area (Å²) in [4.78, 5) is 27.4. The summed E-state index contributed by atoms with van der Waals surface area (Å²) in [5.41, 5.74) is -0.166. The molecule has 7 heteroatoms. The maximum atomic E-state index is 12.7. The Bertz CT molecular complexity index is 829. The number of rotatable bonds is 8. The molecule has 0 atom stereocenters. The third-order valence-corrected chi connectivity index (χ3v) is 4.29. The van der Waals surface area contributed by atoms with E-state index in [9.17, 15) is 14.7 Å². The first-order chi connectivity index (χ1) is 12.0. The Morgan fingerprint density at radius 1 is 1.31 bits per heavy atom. The average Bonchev–Trinajstić information content (AvgIpc) is 2.62. The number of hydrogen-bond donors (Lipinski definition) is 2. The van der Waals surface area contributed by atoms with E-state index in [1.807, 2.05) is 0 Å². The van der Waals surface area contributed by atoms with E-state index in [2.05, 4.69) is 30.6 Å². The molecule has 26 heavy (non-hydrogen) atoms. The number of carbonyl (C=O) groups excluding carboxylic acids is 1. The highest BCUT2D eigenvalue weighted by Crippen LogP contribution is 2.26. The number of aromatic hydroxyl groups is 1. The van der Waals surface area contributed by atoms with E-state index in [0.29, 0.717) is 24.0 Å². The Morgan fingerprint density at radius 2 is 1.96 bits per heavy atom. The van der Waals surface area contributed by atoms with Crippen LogP contribution in [0.3, 0.4) is 0 Å². The highest BCUT2D eigenvalue weighted by molar-refractivity contribution is 6.02. The van der Waals surface area contributed by atoms with Gasteiger partial charge in [-0.15, -0.1) is 6.58 Å². The van der Waals surface area contributed by atoms with Gasteiger partial charge in [-0.05, 0) is 25.2 Å². The Labute approximate surface area is 159 Å². The molecule has 2 N–H and O–H groups in total. The number of hydrogen-bond acceptors (Lipinski definition) is 4. The molecule has 0 saturated heterocycles. The van der Waals surface area contributed by atoms with Gasteiger partial charge in [-0.2, -0.15) is 0 Å². The van der Waals surface area contributed by atoms with Crippen molar-refractivity contribution in [3.05, 3.63) is 52.8 Å². The van der Waals surface area contributed by atoms with Crippen molar-refractivity contribution in [3.63, 3.8) is 0 Å². The summed E-state index contributed by atoms with van der Waals surface area (Å²) in [5, 5.41) is 13.7. The summed E-state index contributed by atoms with van der Waals surface area (Å²) in [6.07, 6.45) is 1.59. The fourth-order valence-electron chi connectivity index (χ4n) is 2.86. The minimum Gasteiger partial charge on any atom is -1.00 e. The van der Waals surface area contributed by atoms with Crippen LogP contribution in [0.5, 0.6) is 5.75 Å². The predicted molar refractivity (Wildman–Crippen MR) is 100 cm³/mol. The fraction of sp³-hybridized carbons (Fsp3) is 0.368. The monoisotopic (exact) mass is 378 g/mol. The van der Waals surface area contributed by atoms with Gasteiger partial charge in [-0.25, -0.2) is 0 Å². The molecule has 0 aliphatic heterocycles. The molecule has 0 unspecified atom stereocenters. The zero-order valence-electron chi connectivity index (χ0n) is 15.2. The predicted octanol–water partition coefficient (Wildman–Crippen LogP) is -1.03. The average molecular weight is 379 g/mol. The summed E-state index contributed by atoms with van der Waals surface area (Å²) in [6, 6.07) is 6.97. The number of pyridine rings is 1. The van der Waals surface area contributed by atoms with Crippen molar-refractivity contribution in [3.8, 4) is 5.75 Å². The molecule has 0 spiro atoms. The Morgan fingerprint density at radius 3 is 2.58 bits per heavy atom. The number of aromatic nitrogens is 1. The third-order valence-electron chi connectivity index (χ3n) is 4.29. The van der Waals surface area contributed by atoms with Gasteiger partial charge in [0.2, 0.25) is 0 Å². The molecule has 6 nitrogen and oxygen atoms in total. The van der Waals surface area contributed by atoms with Gasteiger partial charge in [0.05, 0.1) is 5.52 Å².